The highest BCUT2D eigenvalue weighted by atomic mass is 16.1. The molecule has 0 bridgehead atoms. The molecule has 0 aliphatic heterocycles. The van der Waals surface area contributed by atoms with Gasteiger partial charge in [-0.15, -0.1) is 0 Å². The van der Waals surface area contributed by atoms with Crippen molar-refractivity contribution >= 4 is 5.69 Å². The Kier molecular flexibility index (Phi) is 3.82. The summed E-state index contributed by atoms with van der Waals surface area (Å²) in [5.41, 5.74) is 9.54. The Balaban J connectivity index is 2.12. The number of anilines is 1. The second-order valence-corrected chi connectivity index (χ2v) is 5.84. The van der Waals surface area contributed by atoms with E-state index in [-0.39, 0.29) is 5.56 Å². The smallest absolute Gasteiger partial charge is 0.274 e. The van der Waals surface area contributed by atoms with E-state index in [2.05, 4.69) is 31.2 Å². The van der Waals surface area contributed by atoms with Crippen LogP contribution >= 0.6 is 0 Å². The minimum Gasteiger partial charge on any atom is -0.394 e. The van der Waals surface area contributed by atoms with Gasteiger partial charge in [-0.1, -0.05) is 44.0 Å². The van der Waals surface area contributed by atoms with Gasteiger partial charge in [0.2, 0.25) is 0 Å². The van der Waals surface area contributed by atoms with Crippen molar-refractivity contribution in [1.29, 1.82) is 0 Å². The van der Waals surface area contributed by atoms with Gasteiger partial charge in [0, 0.05) is 6.04 Å². The van der Waals surface area contributed by atoms with Crippen LogP contribution in [0.5, 0.6) is 0 Å². The van der Waals surface area contributed by atoms with Crippen molar-refractivity contribution in [1.82, 2.24) is 4.57 Å². The molecule has 21 heavy (non-hydrogen) atoms. The third kappa shape index (κ3) is 2.60. The number of aromatic nitrogens is 1. The van der Waals surface area contributed by atoms with Crippen LogP contribution < -0.4 is 11.3 Å². The van der Waals surface area contributed by atoms with Crippen molar-refractivity contribution in [2.75, 3.05) is 5.73 Å². The lowest BCUT2D eigenvalue weighted by Gasteiger charge is -2.20. The number of aryl methyl sites for hydroxylation is 1. The van der Waals surface area contributed by atoms with Crippen LogP contribution in [0, 0.1) is 0 Å². The third-order valence-electron chi connectivity index (χ3n) is 4.49. The summed E-state index contributed by atoms with van der Waals surface area (Å²) in [5, 5.41) is 0. The molecule has 1 fully saturated rings. The molecule has 1 heterocycles. The van der Waals surface area contributed by atoms with Crippen LogP contribution in [0.4, 0.5) is 5.69 Å². The zero-order valence-electron chi connectivity index (χ0n) is 12.5. The highest BCUT2D eigenvalue weighted by molar-refractivity contribution is 5.62. The molecule has 0 unspecified atom stereocenters. The second-order valence-electron chi connectivity index (χ2n) is 5.84. The summed E-state index contributed by atoms with van der Waals surface area (Å²) in [4.78, 5) is 12.5. The van der Waals surface area contributed by atoms with Crippen molar-refractivity contribution in [3.05, 3.63) is 52.3 Å². The standard InChI is InChI=1S/C18H22N2O/c1-2-13-7-9-14(10-8-13)17-12-11-16(19)18(21)20(17)15-5-3-4-6-15/h7-12,15H,2-6,19H2,1H3. The molecule has 3 rings (SSSR count). The second kappa shape index (κ2) is 5.76. The maximum Gasteiger partial charge on any atom is 0.274 e. The van der Waals surface area contributed by atoms with Crippen LogP contribution in [-0.2, 0) is 6.42 Å². The summed E-state index contributed by atoms with van der Waals surface area (Å²) in [6.07, 6.45) is 5.56. The Bertz CT molecular complexity index is 679. The molecular weight excluding hydrogens is 260 g/mol. The first-order valence-electron chi connectivity index (χ1n) is 7.81. The Morgan fingerprint density at radius 2 is 1.76 bits per heavy atom. The summed E-state index contributed by atoms with van der Waals surface area (Å²) in [5.74, 6) is 0. The lowest BCUT2D eigenvalue weighted by Crippen LogP contribution is -2.27. The molecule has 1 aliphatic rings. The number of nitrogens with zero attached hydrogens (tertiary/aromatic N) is 1. The minimum atomic E-state index is -0.0426. The number of hydrogen-bond acceptors (Lipinski definition) is 2. The van der Waals surface area contributed by atoms with E-state index < -0.39 is 0 Å². The Labute approximate surface area is 125 Å². The predicted octanol–water partition coefficient (Wildman–Crippen LogP) is 3.78. The molecule has 1 aromatic carbocycles. The molecule has 0 amide bonds. The van der Waals surface area contributed by atoms with E-state index in [9.17, 15) is 4.79 Å². The van der Waals surface area contributed by atoms with Gasteiger partial charge in [-0.3, -0.25) is 4.79 Å². The molecule has 0 spiro atoms. The van der Waals surface area contributed by atoms with Gasteiger partial charge in [0.15, 0.2) is 0 Å². The molecule has 0 radical (unpaired) electrons. The van der Waals surface area contributed by atoms with Crippen LogP contribution in [0.25, 0.3) is 11.3 Å². The fourth-order valence-corrected chi connectivity index (χ4v) is 3.24. The molecule has 2 aromatic rings. The first-order chi connectivity index (χ1) is 10.2. The number of benzene rings is 1. The lowest BCUT2D eigenvalue weighted by molar-refractivity contribution is 0.509. The third-order valence-corrected chi connectivity index (χ3v) is 4.49. The fraction of sp³-hybridized carbons (Fsp3) is 0.389. The van der Waals surface area contributed by atoms with Gasteiger partial charge >= 0.3 is 0 Å². The largest absolute Gasteiger partial charge is 0.394 e. The number of rotatable bonds is 3. The molecule has 1 aromatic heterocycles. The summed E-state index contributed by atoms with van der Waals surface area (Å²) in [6.45, 7) is 2.15. The van der Waals surface area contributed by atoms with Crippen molar-refractivity contribution in [3.8, 4) is 11.3 Å². The lowest BCUT2D eigenvalue weighted by atomic mass is 10.1. The van der Waals surface area contributed by atoms with E-state index in [0.717, 1.165) is 30.5 Å². The van der Waals surface area contributed by atoms with Crippen LogP contribution in [0.1, 0.15) is 44.2 Å². The van der Waals surface area contributed by atoms with E-state index in [1.54, 1.807) is 6.07 Å². The topological polar surface area (TPSA) is 48.0 Å². The molecule has 0 atom stereocenters. The summed E-state index contributed by atoms with van der Waals surface area (Å²) in [7, 11) is 0. The van der Waals surface area contributed by atoms with Gasteiger partial charge in [0.25, 0.3) is 5.56 Å². The summed E-state index contributed by atoms with van der Waals surface area (Å²) < 4.78 is 1.92. The van der Waals surface area contributed by atoms with E-state index in [4.69, 9.17) is 5.73 Å². The normalized spacial score (nSPS) is 15.5. The minimum absolute atomic E-state index is 0.0426. The summed E-state index contributed by atoms with van der Waals surface area (Å²) in [6, 6.07) is 12.5. The average Bonchev–Trinajstić information content (AvgIpc) is 3.04. The van der Waals surface area contributed by atoms with Gasteiger partial charge in [-0.05, 0) is 42.5 Å². The number of pyridine rings is 1. The van der Waals surface area contributed by atoms with Gasteiger partial charge in [-0.25, -0.2) is 0 Å². The SMILES string of the molecule is CCc1ccc(-c2ccc(N)c(=O)n2C2CCCC2)cc1. The highest BCUT2D eigenvalue weighted by Gasteiger charge is 2.21. The zero-order valence-corrected chi connectivity index (χ0v) is 12.5. The molecule has 2 N–H and O–H groups in total. The first-order valence-corrected chi connectivity index (χ1v) is 7.81. The van der Waals surface area contributed by atoms with Crippen LogP contribution in [0.2, 0.25) is 0 Å². The quantitative estimate of drug-likeness (QED) is 0.931. The van der Waals surface area contributed by atoms with E-state index in [1.807, 2.05) is 10.6 Å². The molecule has 1 aliphatic carbocycles. The zero-order chi connectivity index (χ0) is 14.8. The average molecular weight is 282 g/mol. The van der Waals surface area contributed by atoms with E-state index in [1.165, 1.54) is 18.4 Å². The predicted molar refractivity (Wildman–Crippen MR) is 87.4 cm³/mol. The molecule has 3 nitrogen and oxygen atoms in total. The molecule has 110 valence electrons. The Morgan fingerprint density at radius 1 is 1.10 bits per heavy atom. The fourth-order valence-electron chi connectivity index (χ4n) is 3.24. The van der Waals surface area contributed by atoms with Crippen LogP contribution in [0.15, 0.2) is 41.2 Å². The van der Waals surface area contributed by atoms with E-state index in [0.29, 0.717) is 11.7 Å². The highest BCUT2D eigenvalue weighted by Crippen LogP contribution is 2.32. The van der Waals surface area contributed by atoms with Gasteiger partial charge in [-0.2, -0.15) is 0 Å². The number of nitrogens with two attached hydrogens (primary N) is 1. The van der Waals surface area contributed by atoms with Gasteiger partial charge in [0.1, 0.15) is 0 Å². The van der Waals surface area contributed by atoms with E-state index >= 15 is 0 Å². The van der Waals surface area contributed by atoms with Crippen LogP contribution in [0.3, 0.4) is 0 Å². The number of nitrogen functional groups attached to an aromatic ring is 1. The van der Waals surface area contributed by atoms with Crippen molar-refractivity contribution in [2.45, 2.75) is 45.1 Å². The maximum absolute atomic E-state index is 12.5. The summed E-state index contributed by atoms with van der Waals surface area (Å²) >= 11 is 0. The molecule has 1 saturated carbocycles. The Hall–Kier alpha value is -2.03. The van der Waals surface area contributed by atoms with Gasteiger partial charge < -0.3 is 10.3 Å². The monoisotopic (exact) mass is 282 g/mol. The Morgan fingerprint density at radius 3 is 2.38 bits per heavy atom. The van der Waals surface area contributed by atoms with Gasteiger partial charge in [0.05, 0.1) is 11.4 Å². The first kappa shape index (κ1) is 13.9. The molecular formula is C18H22N2O. The van der Waals surface area contributed by atoms with Crippen molar-refractivity contribution < 1.29 is 0 Å². The molecule has 0 saturated heterocycles. The van der Waals surface area contributed by atoms with Crippen LogP contribution in [-0.4, -0.2) is 4.57 Å². The number of hydrogen-bond donors (Lipinski definition) is 1. The van der Waals surface area contributed by atoms with Crippen molar-refractivity contribution in [3.63, 3.8) is 0 Å². The van der Waals surface area contributed by atoms with Crippen molar-refractivity contribution in [2.24, 2.45) is 0 Å². The molecule has 3 heteroatoms. The maximum atomic E-state index is 12.5.